The number of anilines is 1. The van der Waals surface area contributed by atoms with Crippen molar-refractivity contribution in [3.05, 3.63) is 23.6 Å². The van der Waals surface area contributed by atoms with Crippen LogP contribution in [0.2, 0.25) is 0 Å². The van der Waals surface area contributed by atoms with E-state index in [1.807, 2.05) is 20.1 Å². The predicted octanol–water partition coefficient (Wildman–Crippen LogP) is 2.91. The van der Waals surface area contributed by atoms with E-state index in [0.29, 0.717) is 6.54 Å². The zero-order valence-corrected chi connectivity index (χ0v) is 13.0. The van der Waals surface area contributed by atoms with Crippen LogP contribution in [-0.2, 0) is 0 Å². The Balaban J connectivity index is 2.72. The number of carbonyl (C=O) groups is 1. The summed E-state index contributed by atoms with van der Waals surface area (Å²) in [6, 6.07) is 1.43. The Morgan fingerprint density at radius 2 is 2.30 bits per heavy atom. The lowest BCUT2D eigenvalue weighted by Crippen LogP contribution is -2.33. The number of hydrogen-bond acceptors (Lipinski definition) is 4. The van der Waals surface area contributed by atoms with Crippen LogP contribution in [0.25, 0.3) is 0 Å². The molecule has 112 valence electrons. The highest BCUT2D eigenvalue weighted by atomic mass is 32.2. The first kappa shape index (κ1) is 16.8. The molecule has 0 aliphatic heterocycles. The van der Waals surface area contributed by atoms with Crippen LogP contribution in [-0.4, -0.2) is 35.5 Å². The van der Waals surface area contributed by atoms with Crippen molar-refractivity contribution in [3.8, 4) is 0 Å². The molecule has 1 rings (SSSR count). The lowest BCUT2D eigenvalue weighted by molar-refractivity contribution is 0.0935. The maximum absolute atomic E-state index is 14.2. The molecule has 0 radical (unpaired) electrons. The summed E-state index contributed by atoms with van der Waals surface area (Å²) in [5.41, 5.74) is 0.0367. The van der Waals surface area contributed by atoms with Crippen molar-refractivity contribution in [2.75, 3.05) is 23.9 Å². The number of nitrogens with one attached hydrogen (secondary N) is 2. The SMILES string of the molecule is CCCNc1nccc(C(=O)NC(C)CCSC)c1F. The highest BCUT2D eigenvalue weighted by Crippen LogP contribution is 2.15. The minimum atomic E-state index is -0.587. The predicted molar refractivity (Wildman–Crippen MR) is 82.9 cm³/mol. The van der Waals surface area contributed by atoms with Crippen LogP contribution in [0, 0.1) is 5.82 Å². The van der Waals surface area contributed by atoms with Gasteiger partial charge in [0.1, 0.15) is 0 Å². The van der Waals surface area contributed by atoms with E-state index in [4.69, 9.17) is 0 Å². The van der Waals surface area contributed by atoms with E-state index in [9.17, 15) is 9.18 Å². The quantitative estimate of drug-likeness (QED) is 0.775. The van der Waals surface area contributed by atoms with Crippen molar-refractivity contribution >= 4 is 23.5 Å². The van der Waals surface area contributed by atoms with Crippen LogP contribution in [0.5, 0.6) is 0 Å². The average molecular weight is 299 g/mol. The maximum Gasteiger partial charge on any atom is 0.254 e. The average Bonchev–Trinajstić information content (AvgIpc) is 2.43. The number of hydrogen-bond donors (Lipinski definition) is 2. The van der Waals surface area contributed by atoms with Crippen molar-refractivity contribution in [1.82, 2.24) is 10.3 Å². The third kappa shape index (κ3) is 5.00. The number of carbonyl (C=O) groups excluding carboxylic acids is 1. The molecule has 0 aromatic carbocycles. The molecule has 0 saturated carbocycles. The van der Waals surface area contributed by atoms with Crippen LogP contribution in [0.4, 0.5) is 10.2 Å². The highest BCUT2D eigenvalue weighted by Gasteiger charge is 2.17. The third-order valence-corrected chi connectivity index (χ3v) is 3.45. The number of nitrogens with zero attached hydrogens (tertiary/aromatic N) is 1. The molecular formula is C14H22FN3OS. The number of halogens is 1. The summed E-state index contributed by atoms with van der Waals surface area (Å²) in [6.45, 7) is 4.53. The Morgan fingerprint density at radius 1 is 1.55 bits per heavy atom. The van der Waals surface area contributed by atoms with Gasteiger partial charge in [-0.2, -0.15) is 11.8 Å². The van der Waals surface area contributed by atoms with Gasteiger partial charge in [-0.05, 0) is 37.8 Å². The van der Waals surface area contributed by atoms with Gasteiger partial charge in [0.05, 0.1) is 5.56 Å². The smallest absolute Gasteiger partial charge is 0.254 e. The molecule has 6 heteroatoms. The molecule has 20 heavy (non-hydrogen) atoms. The van der Waals surface area contributed by atoms with Gasteiger partial charge in [0.25, 0.3) is 5.91 Å². The van der Waals surface area contributed by atoms with Crippen LogP contribution in [0.15, 0.2) is 12.3 Å². The van der Waals surface area contributed by atoms with Gasteiger partial charge in [-0.1, -0.05) is 6.92 Å². The molecule has 4 nitrogen and oxygen atoms in total. The molecule has 0 fully saturated rings. The molecule has 0 aliphatic carbocycles. The van der Waals surface area contributed by atoms with E-state index in [1.54, 1.807) is 11.8 Å². The molecule has 0 aliphatic rings. The molecule has 0 spiro atoms. The van der Waals surface area contributed by atoms with Crippen LogP contribution < -0.4 is 10.6 Å². The van der Waals surface area contributed by atoms with Gasteiger partial charge in [0, 0.05) is 18.8 Å². The van der Waals surface area contributed by atoms with Crippen molar-refractivity contribution < 1.29 is 9.18 Å². The Bertz CT molecular complexity index is 442. The summed E-state index contributed by atoms with van der Waals surface area (Å²) in [7, 11) is 0. The number of amides is 1. The standard InChI is InChI=1S/C14H22FN3OS/c1-4-7-16-13-12(15)11(5-8-17-13)14(19)18-10(2)6-9-20-3/h5,8,10H,4,6-7,9H2,1-3H3,(H,16,17)(H,18,19). The van der Waals surface area contributed by atoms with E-state index in [0.717, 1.165) is 18.6 Å². The fourth-order valence-corrected chi connectivity index (χ4v) is 2.24. The van der Waals surface area contributed by atoms with Crippen LogP contribution in [0.1, 0.15) is 37.0 Å². The van der Waals surface area contributed by atoms with Crippen molar-refractivity contribution in [2.45, 2.75) is 32.7 Å². The number of pyridine rings is 1. The van der Waals surface area contributed by atoms with E-state index in [2.05, 4.69) is 15.6 Å². The zero-order valence-electron chi connectivity index (χ0n) is 12.2. The summed E-state index contributed by atoms with van der Waals surface area (Å²) in [4.78, 5) is 16.0. The highest BCUT2D eigenvalue weighted by molar-refractivity contribution is 7.98. The van der Waals surface area contributed by atoms with Gasteiger partial charge in [0.2, 0.25) is 0 Å². The topological polar surface area (TPSA) is 54.0 Å². The molecule has 2 N–H and O–H groups in total. The van der Waals surface area contributed by atoms with Crippen molar-refractivity contribution in [3.63, 3.8) is 0 Å². The first-order valence-electron chi connectivity index (χ1n) is 6.78. The van der Waals surface area contributed by atoms with Gasteiger partial charge in [-0.3, -0.25) is 4.79 Å². The molecular weight excluding hydrogens is 277 g/mol. The maximum atomic E-state index is 14.2. The molecule has 0 saturated heterocycles. The molecule has 1 atom stereocenters. The second-order valence-electron chi connectivity index (χ2n) is 4.60. The monoisotopic (exact) mass is 299 g/mol. The Morgan fingerprint density at radius 3 is 2.95 bits per heavy atom. The Hall–Kier alpha value is -1.30. The second-order valence-corrected chi connectivity index (χ2v) is 5.59. The number of aromatic nitrogens is 1. The molecule has 1 amide bonds. The first-order chi connectivity index (χ1) is 9.60. The molecule has 1 aromatic rings. The molecule has 1 aromatic heterocycles. The number of thioether (sulfide) groups is 1. The normalized spacial score (nSPS) is 12.0. The molecule has 1 unspecified atom stereocenters. The van der Waals surface area contributed by atoms with Crippen LogP contribution >= 0.6 is 11.8 Å². The van der Waals surface area contributed by atoms with Gasteiger partial charge in [-0.25, -0.2) is 9.37 Å². The van der Waals surface area contributed by atoms with Crippen LogP contribution in [0.3, 0.4) is 0 Å². The second kappa shape index (κ2) is 8.79. The van der Waals surface area contributed by atoms with E-state index in [1.165, 1.54) is 12.3 Å². The fourth-order valence-electron chi connectivity index (χ4n) is 1.65. The van der Waals surface area contributed by atoms with E-state index >= 15 is 0 Å². The summed E-state index contributed by atoms with van der Waals surface area (Å²) in [6.07, 6.45) is 5.19. The Kier molecular flexibility index (Phi) is 7.36. The van der Waals surface area contributed by atoms with Crippen molar-refractivity contribution in [2.24, 2.45) is 0 Å². The van der Waals surface area contributed by atoms with E-state index < -0.39 is 11.7 Å². The third-order valence-electron chi connectivity index (χ3n) is 2.81. The van der Waals surface area contributed by atoms with Crippen molar-refractivity contribution in [1.29, 1.82) is 0 Å². The molecule has 1 heterocycles. The minimum Gasteiger partial charge on any atom is -0.368 e. The molecule has 0 bridgehead atoms. The zero-order chi connectivity index (χ0) is 15.0. The van der Waals surface area contributed by atoms with E-state index in [-0.39, 0.29) is 17.4 Å². The largest absolute Gasteiger partial charge is 0.368 e. The Labute approximate surface area is 123 Å². The van der Waals surface area contributed by atoms with Gasteiger partial charge in [-0.15, -0.1) is 0 Å². The van der Waals surface area contributed by atoms with Gasteiger partial charge >= 0.3 is 0 Å². The summed E-state index contributed by atoms with van der Waals surface area (Å²) in [5, 5.41) is 5.68. The first-order valence-corrected chi connectivity index (χ1v) is 8.17. The lowest BCUT2D eigenvalue weighted by Gasteiger charge is -2.14. The van der Waals surface area contributed by atoms with Gasteiger partial charge in [0.15, 0.2) is 11.6 Å². The summed E-state index contributed by atoms with van der Waals surface area (Å²) >= 11 is 1.72. The minimum absolute atomic E-state index is 0.0227. The lowest BCUT2D eigenvalue weighted by atomic mass is 10.2. The summed E-state index contributed by atoms with van der Waals surface area (Å²) in [5.74, 6) is 0.119. The van der Waals surface area contributed by atoms with Gasteiger partial charge < -0.3 is 10.6 Å². The summed E-state index contributed by atoms with van der Waals surface area (Å²) < 4.78 is 14.2. The fraction of sp³-hybridized carbons (Fsp3) is 0.571. The number of rotatable bonds is 8.